The van der Waals surface area contributed by atoms with Gasteiger partial charge < -0.3 is 5.11 Å². The number of hydrogen-bond donors (Lipinski definition) is 1. The van der Waals surface area contributed by atoms with E-state index >= 15 is 0 Å². The van der Waals surface area contributed by atoms with Crippen LogP contribution in [-0.2, 0) is 0 Å². The van der Waals surface area contributed by atoms with Gasteiger partial charge in [0.1, 0.15) is 4.88 Å². The fourth-order valence-corrected chi connectivity index (χ4v) is 4.09. The molecule has 0 aliphatic carbocycles. The number of rotatable bonds is 3. The van der Waals surface area contributed by atoms with E-state index in [9.17, 15) is 9.90 Å². The number of carboxylic acid groups (broad SMARTS) is 1. The third kappa shape index (κ3) is 1.90. The summed E-state index contributed by atoms with van der Waals surface area (Å²) in [7, 11) is 0. The van der Waals surface area contributed by atoms with E-state index in [4.69, 9.17) is 0 Å². The van der Waals surface area contributed by atoms with Crippen LogP contribution in [0.4, 0.5) is 0 Å². The predicted molar refractivity (Wildman–Crippen MR) is 77.9 cm³/mol. The van der Waals surface area contributed by atoms with Crippen LogP contribution in [0.5, 0.6) is 0 Å². The Morgan fingerprint density at radius 3 is 2.50 bits per heavy atom. The largest absolute Gasteiger partial charge is 0.477 e. The average Bonchev–Trinajstić information content (AvgIpc) is 3.10. The molecule has 2 nitrogen and oxygen atoms in total. The highest BCUT2D eigenvalue weighted by Gasteiger charge is 2.17. The summed E-state index contributed by atoms with van der Waals surface area (Å²) in [6.07, 6.45) is 0. The van der Waals surface area contributed by atoms with Gasteiger partial charge in [-0.1, -0.05) is 0 Å². The molecular formula is C13H8O2S3. The minimum absolute atomic E-state index is 0.407. The van der Waals surface area contributed by atoms with Gasteiger partial charge in [0.05, 0.1) is 0 Å². The van der Waals surface area contributed by atoms with Crippen molar-refractivity contribution in [2.45, 2.75) is 0 Å². The van der Waals surface area contributed by atoms with E-state index in [1.165, 1.54) is 11.3 Å². The van der Waals surface area contributed by atoms with E-state index in [1.54, 1.807) is 22.7 Å². The lowest BCUT2D eigenvalue weighted by Gasteiger charge is -2.02. The van der Waals surface area contributed by atoms with Gasteiger partial charge in [0, 0.05) is 16.7 Å². The van der Waals surface area contributed by atoms with Crippen molar-refractivity contribution in [2.24, 2.45) is 0 Å². The molecule has 0 radical (unpaired) electrons. The summed E-state index contributed by atoms with van der Waals surface area (Å²) >= 11 is 4.51. The SMILES string of the molecule is O=C(O)c1sccc1-c1cscc1-c1ccsc1. The summed E-state index contributed by atoms with van der Waals surface area (Å²) in [5, 5.41) is 19.2. The fraction of sp³-hybridized carbons (Fsp3) is 0. The van der Waals surface area contributed by atoms with E-state index in [0.29, 0.717) is 4.88 Å². The van der Waals surface area contributed by atoms with E-state index in [0.717, 1.165) is 22.3 Å². The minimum atomic E-state index is -0.859. The fourth-order valence-electron chi connectivity index (χ4n) is 1.83. The van der Waals surface area contributed by atoms with Gasteiger partial charge >= 0.3 is 5.97 Å². The van der Waals surface area contributed by atoms with Gasteiger partial charge in [-0.2, -0.15) is 22.7 Å². The first-order valence-corrected chi connectivity index (χ1v) is 7.94. The molecule has 0 aliphatic rings. The molecule has 5 heteroatoms. The first kappa shape index (κ1) is 11.6. The molecule has 0 bridgehead atoms. The van der Waals surface area contributed by atoms with E-state index in [-0.39, 0.29) is 0 Å². The van der Waals surface area contributed by atoms with Crippen molar-refractivity contribution in [3.8, 4) is 22.3 Å². The van der Waals surface area contributed by atoms with E-state index in [2.05, 4.69) is 16.8 Å². The zero-order chi connectivity index (χ0) is 12.5. The molecular weight excluding hydrogens is 284 g/mol. The van der Waals surface area contributed by atoms with Crippen molar-refractivity contribution >= 4 is 40.0 Å². The Labute approximate surface area is 116 Å². The molecule has 0 aliphatic heterocycles. The topological polar surface area (TPSA) is 37.3 Å². The highest BCUT2D eigenvalue weighted by Crippen LogP contribution is 2.39. The average molecular weight is 292 g/mol. The minimum Gasteiger partial charge on any atom is -0.477 e. The molecule has 0 unspecified atom stereocenters. The maximum Gasteiger partial charge on any atom is 0.346 e. The van der Waals surface area contributed by atoms with Crippen molar-refractivity contribution in [2.75, 3.05) is 0 Å². The number of thiophene rings is 3. The molecule has 0 spiro atoms. The zero-order valence-electron chi connectivity index (χ0n) is 9.12. The van der Waals surface area contributed by atoms with Crippen molar-refractivity contribution in [3.05, 3.63) is 43.9 Å². The summed E-state index contributed by atoms with van der Waals surface area (Å²) in [5.41, 5.74) is 4.09. The van der Waals surface area contributed by atoms with E-state index in [1.807, 2.05) is 22.2 Å². The van der Waals surface area contributed by atoms with Crippen molar-refractivity contribution in [1.82, 2.24) is 0 Å². The quantitative estimate of drug-likeness (QED) is 0.745. The van der Waals surface area contributed by atoms with Crippen LogP contribution in [0.15, 0.2) is 39.0 Å². The lowest BCUT2D eigenvalue weighted by molar-refractivity contribution is 0.0703. The van der Waals surface area contributed by atoms with Crippen LogP contribution in [0, 0.1) is 0 Å². The van der Waals surface area contributed by atoms with Gasteiger partial charge in [-0.05, 0) is 44.6 Å². The highest BCUT2D eigenvalue weighted by atomic mass is 32.1. The van der Waals surface area contributed by atoms with Crippen LogP contribution in [0.2, 0.25) is 0 Å². The Balaban J connectivity index is 2.16. The number of carbonyl (C=O) groups is 1. The Bertz CT molecular complexity index is 677. The van der Waals surface area contributed by atoms with Crippen LogP contribution < -0.4 is 0 Å². The Kier molecular flexibility index (Phi) is 3.03. The Hall–Kier alpha value is -1.43. The van der Waals surface area contributed by atoms with Crippen LogP contribution in [0.25, 0.3) is 22.3 Å². The van der Waals surface area contributed by atoms with Crippen LogP contribution >= 0.6 is 34.0 Å². The van der Waals surface area contributed by atoms with Gasteiger partial charge in [0.15, 0.2) is 0 Å². The molecule has 3 rings (SSSR count). The van der Waals surface area contributed by atoms with Crippen molar-refractivity contribution in [3.63, 3.8) is 0 Å². The summed E-state index contributed by atoms with van der Waals surface area (Å²) < 4.78 is 0. The van der Waals surface area contributed by atoms with Crippen LogP contribution in [0.1, 0.15) is 9.67 Å². The third-order valence-electron chi connectivity index (χ3n) is 2.64. The maximum atomic E-state index is 11.2. The zero-order valence-corrected chi connectivity index (χ0v) is 11.6. The lowest BCUT2D eigenvalue weighted by atomic mass is 10.0. The molecule has 18 heavy (non-hydrogen) atoms. The highest BCUT2D eigenvalue weighted by molar-refractivity contribution is 7.12. The molecule has 3 aromatic rings. The smallest absolute Gasteiger partial charge is 0.346 e. The van der Waals surface area contributed by atoms with Crippen LogP contribution in [0.3, 0.4) is 0 Å². The van der Waals surface area contributed by atoms with Gasteiger partial charge in [0.2, 0.25) is 0 Å². The third-order valence-corrected chi connectivity index (χ3v) is 4.97. The monoisotopic (exact) mass is 292 g/mol. The molecule has 0 fully saturated rings. The standard InChI is InChI=1S/C13H8O2S3/c14-13(15)12-9(2-4-18-12)11-7-17-6-10(11)8-1-3-16-5-8/h1-7H,(H,14,15). The van der Waals surface area contributed by atoms with Crippen molar-refractivity contribution < 1.29 is 9.90 Å². The predicted octanol–water partition coefficient (Wildman–Crippen LogP) is 4.90. The van der Waals surface area contributed by atoms with Gasteiger partial charge in [-0.3, -0.25) is 0 Å². The van der Waals surface area contributed by atoms with Crippen LogP contribution in [-0.4, -0.2) is 11.1 Å². The van der Waals surface area contributed by atoms with Crippen molar-refractivity contribution in [1.29, 1.82) is 0 Å². The molecule has 0 aromatic carbocycles. The first-order valence-electron chi connectivity index (χ1n) is 5.17. The summed E-state index contributed by atoms with van der Waals surface area (Å²) in [6.45, 7) is 0. The maximum absolute atomic E-state index is 11.2. The Morgan fingerprint density at radius 2 is 1.78 bits per heavy atom. The number of carboxylic acids is 1. The summed E-state index contributed by atoms with van der Waals surface area (Å²) in [6, 6.07) is 3.94. The number of hydrogen-bond acceptors (Lipinski definition) is 4. The van der Waals surface area contributed by atoms with E-state index < -0.39 is 5.97 Å². The number of aromatic carboxylic acids is 1. The van der Waals surface area contributed by atoms with Gasteiger partial charge in [0.25, 0.3) is 0 Å². The summed E-state index contributed by atoms with van der Waals surface area (Å²) in [5.74, 6) is -0.859. The second-order valence-electron chi connectivity index (χ2n) is 3.68. The molecule has 3 heterocycles. The molecule has 0 saturated heterocycles. The van der Waals surface area contributed by atoms with Gasteiger partial charge in [-0.15, -0.1) is 11.3 Å². The molecule has 1 N–H and O–H groups in total. The molecule has 3 aromatic heterocycles. The second-order valence-corrected chi connectivity index (χ2v) is 6.12. The van der Waals surface area contributed by atoms with Gasteiger partial charge in [-0.25, -0.2) is 4.79 Å². The molecule has 0 saturated carbocycles. The second kappa shape index (κ2) is 4.68. The normalized spacial score (nSPS) is 10.7. The first-order chi connectivity index (χ1) is 8.77. The summed E-state index contributed by atoms with van der Waals surface area (Å²) in [4.78, 5) is 11.6. The molecule has 0 atom stereocenters. The molecule has 90 valence electrons. The molecule has 0 amide bonds. The lowest BCUT2D eigenvalue weighted by Crippen LogP contribution is -1.94. The Morgan fingerprint density at radius 1 is 0.944 bits per heavy atom.